The molecule has 0 aliphatic heterocycles. The third-order valence-corrected chi connectivity index (χ3v) is 3.47. The van der Waals surface area contributed by atoms with Gasteiger partial charge in [-0.1, -0.05) is 5.16 Å². The molecule has 0 unspecified atom stereocenters. The lowest BCUT2D eigenvalue weighted by Gasteiger charge is -2.01. The van der Waals surface area contributed by atoms with Crippen molar-refractivity contribution < 1.29 is 14.0 Å². The van der Waals surface area contributed by atoms with Crippen LogP contribution in [0.4, 0.5) is 0 Å². The van der Waals surface area contributed by atoms with Crippen LogP contribution in [0.15, 0.2) is 28.8 Å². The number of aromatic nitrogens is 3. The molecule has 0 aliphatic carbocycles. The van der Waals surface area contributed by atoms with E-state index in [9.17, 15) is 0 Å². The highest BCUT2D eigenvalue weighted by atomic mass is 16.5. The molecule has 0 saturated heterocycles. The van der Waals surface area contributed by atoms with Crippen LogP contribution in [0.25, 0.3) is 22.5 Å². The summed E-state index contributed by atoms with van der Waals surface area (Å²) in [5.41, 5.74) is 1.97. The summed E-state index contributed by atoms with van der Waals surface area (Å²) in [6.45, 7) is 0.575. The summed E-state index contributed by atoms with van der Waals surface area (Å²) in [5, 5.41) is 5.04. The molecule has 21 heavy (non-hydrogen) atoms. The normalized spacial score (nSPS) is 11.2. The predicted molar refractivity (Wildman–Crippen MR) is 78.3 cm³/mol. The Morgan fingerprint density at radius 1 is 1.24 bits per heavy atom. The summed E-state index contributed by atoms with van der Waals surface area (Å²) in [4.78, 5) is 4.41. The second kappa shape index (κ2) is 5.57. The van der Waals surface area contributed by atoms with Crippen LogP contribution < -0.4 is 4.74 Å². The Hall–Kier alpha value is -2.34. The second-order valence-electron chi connectivity index (χ2n) is 4.77. The molecule has 110 valence electrons. The van der Waals surface area contributed by atoms with Gasteiger partial charge in [0.25, 0.3) is 5.89 Å². The van der Waals surface area contributed by atoms with Gasteiger partial charge in [0, 0.05) is 31.5 Å². The van der Waals surface area contributed by atoms with Crippen LogP contribution >= 0.6 is 0 Å². The Balaban J connectivity index is 1.99. The van der Waals surface area contributed by atoms with E-state index in [1.807, 2.05) is 35.9 Å². The first-order chi connectivity index (χ1) is 10.2. The quantitative estimate of drug-likeness (QED) is 0.721. The molecule has 3 aromatic rings. The van der Waals surface area contributed by atoms with E-state index in [2.05, 4.69) is 10.1 Å². The molecule has 3 rings (SSSR count). The lowest BCUT2D eigenvalue weighted by atomic mass is 10.2. The molecule has 1 aromatic carbocycles. The Morgan fingerprint density at radius 2 is 2.10 bits per heavy atom. The topological polar surface area (TPSA) is 62.3 Å². The predicted octanol–water partition coefficient (Wildman–Crippen LogP) is 2.43. The van der Waals surface area contributed by atoms with Gasteiger partial charge in [0.15, 0.2) is 5.82 Å². The molecular weight excluding hydrogens is 270 g/mol. The highest BCUT2D eigenvalue weighted by molar-refractivity contribution is 5.86. The monoisotopic (exact) mass is 287 g/mol. The minimum Gasteiger partial charge on any atom is -0.497 e. The van der Waals surface area contributed by atoms with Gasteiger partial charge in [-0.05, 0) is 24.3 Å². The number of fused-ring (bicyclic) bond motifs is 1. The molecule has 0 amide bonds. The zero-order valence-corrected chi connectivity index (χ0v) is 12.3. The lowest BCUT2D eigenvalue weighted by molar-refractivity contribution is 0.199. The molecule has 0 radical (unpaired) electrons. The van der Waals surface area contributed by atoms with Crippen molar-refractivity contribution in [2.24, 2.45) is 7.05 Å². The molecule has 0 spiro atoms. The second-order valence-corrected chi connectivity index (χ2v) is 4.77. The van der Waals surface area contributed by atoms with Gasteiger partial charge in [0.1, 0.15) is 11.4 Å². The van der Waals surface area contributed by atoms with Crippen LogP contribution in [0.3, 0.4) is 0 Å². The number of hydrogen-bond donors (Lipinski definition) is 0. The zero-order chi connectivity index (χ0) is 14.8. The van der Waals surface area contributed by atoms with E-state index in [1.165, 1.54) is 0 Å². The average Bonchev–Trinajstić information content (AvgIpc) is 3.09. The van der Waals surface area contributed by atoms with Gasteiger partial charge in [-0.25, -0.2) is 0 Å². The molecule has 2 aromatic heterocycles. The van der Waals surface area contributed by atoms with E-state index in [4.69, 9.17) is 14.0 Å². The molecular formula is C15H17N3O3. The van der Waals surface area contributed by atoms with Crippen LogP contribution in [-0.2, 0) is 18.2 Å². The van der Waals surface area contributed by atoms with Crippen molar-refractivity contribution in [3.05, 3.63) is 30.1 Å². The number of aryl methyl sites for hydroxylation is 1. The van der Waals surface area contributed by atoms with Gasteiger partial charge in [0.2, 0.25) is 0 Å². The van der Waals surface area contributed by atoms with E-state index in [1.54, 1.807) is 14.2 Å². The summed E-state index contributed by atoms with van der Waals surface area (Å²) in [6, 6.07) is 7.95. The fraction of sp³-hybridized carbons (Fsp3) is 0.333. The van der Waals surface area contributed by atoms with E-state index < -0.39 is 0 Å². The maximum absolute atomic E-state index is 5.35. The molecule has 6 nitrogen and oxygen atoms in total. The summed E-state index contributed by atoms with van der Waals surface area (Å²) in [6.07, 6.45) is 0.637. The first kappa shape index (κ1) is 13.6. The lowest BCUT2D eigenvalue weighted by Crippen LogP contribution is -1.96. The van der Waals surface area contributed by atoms with Crippen molar-refractivity contribution in [1.82, 2.24) is 14.7 Å². The molecule has 0 fully saturated rings. The van der Waals surface area contributed by atoms with Crippen molar-refractivity contribution in [3.63, 3.8) is 0 Å². The van der Waals surface area contributed by atoms with Crippen molar-refractivity contribution in [2.75, 3.05) is 20.8 Å². The summed E-state index contributed by atoms with van der Waals surface area (Å²) in [7, 11) is 5.28. The van der Waals surface area contributed by atoms with Crippen molar-refractivity contribution in [3.8, 4) is 17.3 Å². The zero-order valence-electron chi connectivity index (χ0n) is 12.3. The standard InChI is InChI=1S/C15H17N3O3/c1-18-12-5-4-11(20-3)8-10(12)9-13(18)15-16-14(17-21-15)6-7-19-2/h4-5,8-9H,6-7H2,1-3H3. The van der Waals surface area contributed by atoms with E-state index in [0.717, 1.165) is 22.3 Å². The molecule has 0 atom stereocenters. The Labute approximate surface area is 122 Å². The Kier molecular flexibility index (Phi) is 3.62. The van der Waals surface area contributed by atoms with E-state index >= 15 is 0 Å². The summed E-state index contributed by atoms with van der Waals surface area (Å²) >= 11 is 0. The van der Waals surface area contributed by atoms with Crippen LogP contribution in [0, 0.1) is 0 Å². The number of benzene rings is 1. The van der Waals surface area contributed by atoms with Crippen LogP contribution in [0.1, 0.15) is 5.82 Å². The first-order valence-electron chi connectivity index (χ1n) is 6.68. The van der Waals surface area contributed by atoms with Crippen LogP contribution in [0.5, 0.6) is 5.75 Å². The highest BCUT2D eigenvalue weighted by Crippen LogP contribution is 2.28. The average molecular weight is 287 g/mol. The fourth-order valence-electron chi connectivity index (χ4n) is 2.31. The van der Waals surface area contributed by atoms with Crippen LogP contribution in [-0.4, -0.2) is 35.5 Å². The van der Waals surface area contributed by atoms with Gasteiger partial charge in [-0.15, -0.1) is 0 Å². The highest BCUT2D eigenvalue weighted by Gasteiger charge is 2.15. The van der Waals surface area contributed by atoms with E-state index in [-0.39, 0.29) is 0 Å². The number of nitrogens with zero attached hydrogens (tertiary/aromatic N) is 3. The minimum atomic E-state index is 0.513. The third-order valence-electron chi connectivity index (χ3n) is 3.47. The number of hydrogen-bond acceptors (Lipinski definition) is 5. The maximum Gasteiger partial charge on any atom is 0.274 e. The summed E-state index contributed by atoms with van der Waals surface area (Å²) in [5.74, 6) is 1.99. The minimum absolute atomic E-state index is 0.513. The van der Waals surface area contributed by atoms with Crippen LogP contribution in [0.2, 0.25) is 0 Å². The number of methoxy groups -OCH3 is 2. The smallest absolute Gasteiger partial charge is 0.274 e. The SMILES string of the molecule is COCCc1noc(-c2cc3cc(OC)ccc3n2C)n1. The Morgan fingerprint density at radius 3 is 2.86 bits per heavy atom. The molecule has 2 heterocycles. The van der Waals surface area contributed by atoms with Gasteiger partial charge in [0.05, 0.1) is 13.7 Å². The molecule has 0 N–H and O–H groups in total. The molecule has 6 heteroatoms. The van der Waals surface area contributed by atoms with Crippen molar-refractivity contribution in [2.45, 2.75) is 6.42 Å². The third kappa shape index (κ3) is 2.50. The van der Waals surface area contributed by atoms with Gasteiger partial charge >= 0.3 is 0 Å². The first-order valence-corrected chi connectivity index (χ1v) is 6.68. The summed E-state index contributed by atoms with van der Waals surface area (Å²) < 4.78 is 17.6. The van der Waals surface area contributed by atoms with Gasteiger partial charge < -0.3 is 18.6 Å². The van der Waals surface area contributed by atoms with Crippen molar-refractivity contribution in [1.29, 1.82) is 0 Å². The Bertz CT molecular complexity index is 761. The van der Waals surface area contributed by atoms with Crippen molar-refractivity contribution >= 4 is 10.9 Å². The van der Waals surface area contributed by atoms with Gasteiger partial charge in [-0.3, -0.25) is 0 Å². The number of ether oxygens (including phenoxy) is 2. The molecule has 0 bridgehead atoms. The molecule has 0 aliphatic rings. The van der Waals surface area contributed by atoms with Gasteiger partial charge in [-0.2, -0.15) is 4.98 Å². The van der Waals surface area contributed by atoms with E-state index in [0.29, 0.717) is 24.7 Å². The molecule has 0 saturated carbocycles. The maximum atomic E-state index is 5.35. The largest absolute Gasteiger partial charge is 0.497 e. The number of rotatable bonds is 5. The fourth-order valence-corrected chi connectivity index (χ4v) is 2.31.